The zero-order valence-electron chi connectivity index (χ0n) is 5.60. The zero-order valence-corrected chi connectivity index (χ0v) is 5.60. The molecule has 0 aliphatic heterocycles. The molecule has 1 aromatic heterocycles. The van der Waals surface area contributed by atoms with E-state index in [2.05, 4.69) is 4.98 Å². The highest BCUT2D eigenvalue weighted by Crippen LogP contribution is 1.99. The molecule has 0 aromatic carbocycles. The van der Waals surface area contributed by atoms with Crippen LogP contribution in [0.2, 0.25) is 0 Å². The predicted octanol–water partition coefficient (Wildman–Crippen LogP) is 0.580. The fraction of sp³-hybridized carbons (Fsp3) is 0.143. The summed E-state index contributed by atoms with van der Waals surface area (Å²) in [6.45, 7) is 0. The Kier molecular flexibility index (Phi) is 2.02. The summed E-state index contributed by atoms with van der Waals surface area (Å²) in [4.78, 5) is 12.7. The molecule has 0 radical (unpaired) electrons. The number of aromatic amines is 1. The van der Waals surface area contributed by atoms with Crippen LogP contribution in [0, 0.1) is 17.1 Å². The van der Waals surface area contributed by atoms with Gasteiger partial charge in [-0.3, -0.25) is 4.79 Å². The fourth-order valence-electron chi connectivity index (χ4n) is 0.722. The van der Waals surface area contributed by atoms with Crippen molar-refractivity contribution < 1.29 is 4.39 Å². The number of halogens is 1. The third kappa shape index (κ3) is 1.44. The normalized spacial score (nSPS) is 9.09. The molecular formula is C7H5FN2O. The molecule has 0 amide bonds. The summed E-state index contributed by atoms with van der Waals surface area (Å²) < 4.78 is 12.7. The van der Waals surface area contributed by atoms with Gasteiger partial charge in [0, 0.05) is 11.8 Å². The average molecular weight is 152 g/mol. The Bertz CT molecular complexity index is 350. The van der Waals surface area contributed by atoms with Gasteiger partial charge in [0.25, 0.3) is 5.56 Å². The van der Waals surface area contributed by atoms with Gasteiger partial charge < -0.3 is 4.98 Å². The van der Waals surface area contributed by atoms with Gasteiger partial charge in [0.2, 0.25) is 0 Å². The second-order valence-electron chi connectivity index (χ2n) is 1.98. The Balaban J connectivity index is 3.19. The van der Waals surface area contributed by atoms with Crippen LogP contribution >= 0.6 is 0 Å². The highest BCUT2D eigenvalue weighted by atomic mass is 19.1. The molecule has 11 heavy (non-hydrogen) atoms. The lowest BCUT2D eigenvalue weighted by Gasteiger charge is -1.93. The first kappa shape index (κ1) is 7.48. The first-order chi connectivity index (χ1) is 5.25. The van der Waals surface area contributed by atoms with Crippen LogP contribution in [0.4, 0.5) is 4.39 Å². The Morgan fingerprint density at radius 3 is 3.09 bits per heavy atom. The van der Waals surface area contributed by atoms with Gasteiger partial charge in [-0.25, -0.2) is 4.39 Å². The molecule has 1 rings (SSSR count). The third-order valence-corrected chi connectivity index (χ3v) is 1.25. The summed E-state index contributed by atoms with van der Waals surface area (Å²) in [6, 6.07) is 3.13. The lowest BCUT2D eigenvalue weighted by Crippen LogP contribution is -2.12. The lowest BCUT2D eigenvalue weighted by atomic mass is 10.2. The van der Waals surface area contributed by atoms with Crippen molar-refractivity contribution in [1.29, 1.82) is 5.26 Å². The van der Waals surface area contributed by atoms with E-state index in [1.165, 1.54) is 12.3 Å². The van der Waals surface area contributed by atoms with Gasteiger partial charge in [0.1, 0.15) is 0 Å². The number of nitriles is 1. The van der Waals surface area contributed by atoms with Crippen LogP contribution in [0.1, 0.15) is 5.56 Å². The maximum atomic E-state index is 12.7. The van der Waals surface area contributed by atoms with Crippen molar-refractivity contribution in [3.63, 3.8) is 0 Å². The minimum atomic E-state index is -0.867. The Morgan fingerprint density at radius 2 is 2.45 bits per heavy atom. The van der Waals surface area contributed by atoms with Crippen molar-refractivity contribution >= 4 is 0 Å². The van der Waals surface area contributed by atoms with E-state index in [1.807, 2.05) is 0 Å². The molecule has 0 spiro atoms. The van der Waals surface area contributed by atoms with E-state index in [0.717, 1.165) is 0 Å². The van der Waals surface area contributed by atoms with Crippen molar-refractivity contribution in [2.45, 2.75) is 6.42 Å². The van der Waals surface area contributed by atoms with E-state index in [-0.39, 0.29) is 12.0 Å². The molecule has 0 aliphatic carbocycles. The van der Waals surface area contributed by atoms with Gasteiger partial charge in [-0.2, -0.15) is 5.26 Å². The molecule has 0 atom stereocenters. The number of hydrogen-bond donors (Lipinski definition) is 1. The molecule has 0 aliphatic rings. The second kappa shape index (κ2) is 2.97. The van der Waals surface area contributed by atoms with E-state index < -0.39 is 11.4 Å². The van der Waals surface area contributed by atoms with Gasteiger partial charge in [0.05, 0.1) is 12.5 Å². The summed E-state index contributed by atoms with van der Waals surface area (Å²) >= 11 is 0. The molecule has 0 bridgehead atoms. The second-order valence-corrected chi connectivity index (χ2v) is 1.98. The number of aromatic nitrogens is 1. The largest absolute Gasteiger partial charge is 0.327 e. The molecule has 56 valence electrons. The molecule has 0 saturated carbocycles. The van der Waals surface area contributed by atoms with Gasteiger partial charge in [-0.05, 0) is 6.07 Å². The predicted molar refractivity (Wildman–Crippen MR) is 36.3 cm³/mol. The van der Waals surface area contributed by atoms with Crippen LogP contribution in [0.3, 0.4) is 0 Å². The standard InChI is InChI=1S/C7H5FN2O/c8-6-5(1-3-9)2-4-10-7(6)11/h2,4H,1H2,(H,10,11). The number of pyridine rings is 1. The van der Waals surface area contributed by atoms with Crippen molar-refractivity contribution in [2.75, 3.05) is 0 Å². The third-order valence-electron chi connectivity index (χ3n) is 1.25. The van der Waals surface area contributed by atoms with Crippen molar-refractivity contribution in [3.05, 3.63) is 34.0 Å². The van der Waals surface area contributed by atoms with Crippen LogP contribution in [0.25, 0.3) is 0 Å². The molecule has 1 heterocycles. The maximum Gasteiger partial charge on any atom is 0.284 e. The molecule has 0 saturated heterocycles. The molecule has 4 heteroatoms. The number of H-pyrrole nitrogens is 1. The monoisotopic (exact) mass is 152 g/mol. The molecule has 1 N–H and O–H groups in total. The smallest absolute Gasteiger partial charge is 0.284 e. The highest BCUT2D eigenvalue weighted by molar-refractivity contribution is 5.16. The van der Waals surface area contributed by atoms with Crippen LogP contribution in [-0.2, 0) is 6.42 Å². The molecular weight excluding hydrogens is 147 g/mol. The van der Waals surface area contributed by atoms with E-state index in [9.17, 15) is 9.18 Å². The first-order valence-electron chi connectivity index (χ1n) is 2.98. The summed E-state index contributed by atoms with van der Waals surface area (Å²) in [6.07, 6.45) is 1.24. The lowest BCUT2D eigenvalue weighted by molar-refractivity contribution is 0.596. The quantitative estimate of drug-likeness (QED) is 0.639. The number of hydrogen-bond acceptors (Lipinski definition) is 2. The SMILES string of the molecule is N#CCc1cc[nH]c(=O)c1F. The highest BCUT2D eigenvalue weighted by Gasteiger charge is 2.03. The molecule has 1 aromatic rings. The summed E-state index contributed by atoms with van der Waals surface area (Å²) in [5.74, 6) is -0.867. The van der Waals surface area contributed by atoms with E-state index in [4.69, 9.17) is 5.26 Å². The Hall–Kier alpha value is -1.63. The van der Waals surface area contributed by atoms with Gasteiger partial charge in [-0.1, -0.05) is 0 Å². The average Bonchev–Trinajstić information content (AvgIpc) is 1.99. The van der Waals surface area contributed by atoms with Crippen molar-refractivity contribution in [3.8, 4) is 6.07 Å². The van der Waals surface area contributed by atoms with Crippen LogP contribution in [-0.4, -0.2) is 4.98 Å². The number of rotatable bonds is 1. The topological polar surface area (TPSA) is 56.6 Å². The van der Waals surface area contributed by atoms with Gasteiger partial charge in [0.15, 0.2) is 5.82 Å². The van der Waals surface area contributed by atoms with Crippen molar-refractivity contribution in [1.82, 2.24) is 4.98 Å². The van der Waals surface area contributed by atoms with Crippen LogP contribution in [0.5, 0.6) is 0 Å². The number of nitrogens with zero attached hydrogens (tertiary/aromatic N) is 1. The molecule has 3 nitrogen and oxygen atoms in total. The van der Waals surface area contributed by atoms with Crippen molar-refractivity contribution in [2.24, 2.45) is 0 Å². The van der Waals surface area contributed by atoms with Crippen LogP contribution < -0.4 is 5.56 Å². The summed E-state index contributed by atoms with van der Waals surface area (Å²) in [5, 5.41) is 8.21. The summed E-state index contributed by atoms with van der Waals surface area (Å²) in [7, 11) is 0. The number of nitrogens with one attached hydrogen (secondary N) is 1. The molecule has 0 unspecified atom stereocenters. The molecule has 0 fully saturated rings. The fourth-order valence-corrected chi connectivity index (χ4v) is 0.722. The van der Waals surface area contributed by atoms with E-state index in [1.54, 1.807) is 6.07 Å². The van der Waals surface area contributed by atoms with E-state index >= 15 is 0 Å². The maximum absolute atomic E-state index is 12.7. The van der Waals surface area contributed by atoms with Crippen LogP contribution in [0.15, 0.2) is 17.1 Å². The van der Waals surface area contributed by atoms with Gasteiger partial charge >= 0.3 is 0 Å². The first-order valence-corrected chi connectivity index (χ1v) is 2.98. The van der Waals surface area contributed by atoms with E-state index in [0.29, 0.717) is 0 Å². The summed E-state index contributed by atoms with van der Waals surface area (Å²) in [5.41, 5.74) is -0.644. The minimum absolute atomic E-state index is 0.0737. The Labute approximate surface area is 62.1 Å². The zero-order chi connectivity index (χ0) is 8.27. The van der Waals surface area contributed by atoms with Gasteiger partial charge in [-0.15, -0.1) is 0 Å². The Morgan fingerprint density at radius 1 is 1.73 bits per heavy atom. The minimum Gasteiger partial charge on any atom is -0.327 e.